The second-order valence-electron chi connectivity index (χ2n) is 8.94. The minimum absolute atomic E-state index is 0.0445. The molecule has 0 bridgehead atoms. The van der Waals surface area contributed by atoms with Crippen LogP contribution in [0.5, 0.6) is 0 Å². The number of rotatable bonds is 8. The predicted octanol–water partition coefficient (Wildman–Crippen LogP) is 4.56. The van der Waals surface area contributed by atoms with Gasteiger partial charge in [0.25, 0.3) is 5.56 Å². The molecule has 0 radical (unpaired) electrons. The van der Waals surface area contributed by atoms with Gasteiger partial charge in [-0.15, -0.1) is 0 Å². The van der Waals surface area contributed by atoms with Gasteiger partial charge in [-0.25, -0.2) is 4.39 Å². The molecule has 0 saturated heterocycles. The number of aromatic nitrogens is 2. The zero-order valence-corrected chi connectivity index (χ0v) is 19.0. The topological polar surface area (TPSA) is 94.3 Å². The third-order valence-electron chi connectivity index (χ3n) is 6.79. The summed E-state index contributed by atoms with van der Waals surface area (Å²) in [6.07, 6.45) is 3.86. The van der Waals surface area contributed by atoms with E-state index >= 15 is 0 Å². The van der Waals surface area contributed by atoms with Crippen LogP contribution in [0.3, 0.4) is 0 Å². The van der Waals surface area contributed by atoms with E-state index in [1.807, 2.05) is 54.6 Å². The van der Waals surface area contributed by atoms with Crippen LogP contribution in [0.25, 0.3) is 33.6 Å². The molecule has 2 aromatic heterocycles. The Bertz CT molecular complexity index is 1360. The van der Waals surface area contributed by atoms with Gasteiger partial charge in [-0.2, -0.15) is 4.98 Å². The minimum Gasteiger partial charge on any atom is -0.437 e. The fraction of sp³-hybridized carbons (Fsp3) is 0.333. The second kappa shape index (κ2) is 9.16. The van der Waals surface area contributed by atoms with Crippen LogP contribution in [0.4, 0.5) is 4.39 Å². The Kier molecular flexibility index (Phi) is 6.06. The van der Waals surface area contributed by atoms with Gasteiger partial charge >= 0.3 is 0 Å². The van der Waals surface area contributed by atoms with Gasteiger partial charge in [0.1, 0.15) is 23.6 Å². The van der Waals surface area contributed by atoms with E-state index in [1.165, 1.54) is 4.57 Å². The highest BCUT2D eigenvalue weighted by atomic mass is 19.1. The van der Waals surface area contributed by atoms with Gasteiger partial charge in [-0.1, -0.05) is 54.6 Å². The number of hydrogen-bond donors (Lipinski definition) is 2. The molecule has 1 saturated carbocycles. The Balaban J connectivity index is 1.73. The van der Waals surface area contributed by atoms with E-state index in [0.717, 1.165) is 36.0 Å². The fourth-order valence-electron chi connectivity index (χ4n) is 4.75. The van der Waals surface area contributed by atoms with Crippen LogP contribution in [0.1, 0.15) is 37.1 Å². The van der Waals surface area contributed by atoms with Crippen molar-refractivity contribution >= 4 is 11.1 Å². The van der Waals surface area contributed by atoms with Crippen molar-refractivity contribution in [2.24, 2.45) is 5.73 Å². The molecule has 0 atom stereocenters. The molecule has 34 heavy (non-hydrogen) atoms. The summed E-state index contributed by atoms with van der Waals surface area (Å²) in [5.41, 5.74) is 9.49. The molecule has 0 unspecified atom stereocenters. The van der Waals surface area contributed by atoms with Gasteiger partial charge in [0.2, 0.25) is 5.71 Å². The summed E-state index contributed by atoms with van der Waals surface area (Å²) in [4.78, 5) is 18.2. The number of aryl methyl sites for hydroxylation is 1. The van der Waals surface area contributed by atoms with Crippen molar-refractivity contribution in [2.75, 3.05) is 13.3 Å². The van der Waals surface area contributed by atoms with Gasteiger partial charge in [-0.3, -0.25) is 9.36 Å². The Labute approximate surface area is 196 Å². The predicted molar refractivity (Wildman–Crippen MR) is 130 cm³/mol. The van der Waals surface area contributed by atoms with E-state index in [0.29, 0.717) is 35.4 Å². The summed E-state index contributed by atoms with van der Waals surface area (Å²) in [6, 6.07) is 17.5. The first-order valence-electron chi connectivity index (χ1n) is 11.7. The lowest BCUT2D eigenvalue weighted by atomic mass is 9.72. The molecule has 6 nitrogen and oxygen atoms in total. The Morgan fingerprint density at radius 3 is 2.44 bits per heavy atom. The number of nitrogens with two attached hydrogens (primary N) is 1. The standard InChI is InChI=1S/C27H28FN3O3/c28-15-16-31-21(8-4-17-32)30-25-23(26(31)33)22(18-6-2-1-3-7-18)24(34-25)19-9-11-20(12-10-19)27(29)13-5-14-27/h1-3,6-7,9-12,32H,4-5,8,13-17,29H2. The van der Waals surface area contributed by atoms with Crippen molar-refractivity contribution in [3.05, 3.63) is 76.3 Å². The molecule has 176 valence electrons. The van der Waals surface area contributed by atoms with E-state index in [1.54, 1.807) is 0 Å². The molecule has 2 aromatic carbocycles. The number of fused-ring (bicyclic) bond motifs is 1. The van der Waals surface area contributed by atoms with Crippen molar-refractivity contribution in [1.82, 2.24) is 9.55 Å². The number of furan rings is 1. The smallest absolute Gasteiger partial charge is 0.265 e. The molecule has 1 aliphatic carbocycles. The molecule has 0 amide bonds. The van der Waals surface area contributed by atoms with E-state index in [4.69, 9.17) is 10.2 Å². The highest BCUT2D eigenvalue weighted by molar-refractivity contribution is 6.00. The number of benzene rings is 2. The molecule has 1 aliphatic rings. The first-order valence-corrected chi connectivity index (χ1v) is 11.7. The lowest BCUT2D eigenvalue weighted by molar-refractivity contribution is 0.253. The normalized spacial score (nSPS) is 14.9. The Hall–Kier alpha value is -3.29. The van der Waals surface area contributed by atoms with Crippen LogP contribution in [0.2, 0.25) is 0 Å². The summed E-state index contributed by atoms with van der Waals surface area (Å²) in [5.74, 6) is 0.956. The summed E-state index contributed by atoms with van der Waals surface area (Å²) < 4.78 is 20.9. The van der Waals surface area contributed by atoms with Gasteiger partial charge < -0.3 is 15.3 Å². The van der Waals surface area contributed by atoms with Crippen molar-refractivity contribution in [1.29, 1.82) is 0 Å². The largest absolute Gasteiger partial charge is 0.437 e. The zero-order chi connectivity index (χ0) is 23.7. The quantitative estimate of drug-likeness (QED) is 0.401. The van der Waals surface area contributed by atoms with Gasteiger partial charge in [0.15, 0.2) is 0 Å². The number of aliphatic hydroxyl groups is 1. The van der Waals surface area contributed by atoms with Crippen LogP contribution in [0, 0.1) is 0 Å². The maximum Gasteiger partial charge on any atom is 0.265 e. The number of alkyl halides is 1. The van der Waals surface area contributed by atoms with Crippen LogP contribution in [0.15, 0.2) is 63.8 Å². The summed E-state index contributed by atoms with van der Waals surface area (Å²) >= 11 is 0. The summed E-state index contributed by atoms with van der Waals surface area (Å²) in [5, 5.41) is 9.59. The number of aliphatic hydroxyl groups excluding tert-OH is 1. The highest BCUT2D eigenvalue weighted by Crippen LogP contribution is 2.42. The molecule has 1 fully saturated rings. The third-order valence-corrected chi connectivity index (χ3v) is 6.79. The molecule has 3 N–H and O–H groups in total. The van der Waals surface area contributed by atoms with Crippen LogP contribution >= 0.6 is 0 Å². The summed E-state index contributed by atoms with van der Waals surface area (Å²) in [6.45, 7) is -0.825. The minimum atomic E-state index is -0.688. The van der Waals surface area contributed by atoms with Gasteiger partial charge in [0.05, 0.1) is 6.54 Å². The molecule has 7 heteroatoms. The number of hydrogen-bond acceptors (Lipinski definition) is 5. The van der Waals surface area contributed by atoms with E-state index in [9.17, 15) is 14.3 Å². The second-order valence-corrected chi connectivity index (χ2v) is 8.94. The number of halogens is 1. The average Bonchev–Trinajstić information content (AvgIpc) is 3.23. The maximum absolute atomic E-state index is 13.6. The number of nitrogens with zero attached hydrogens (tertiary/aromatic N) is 2. The molecule has 0 aliphatic heterocycles. The molecular formula is C27H28FN3O3. The zero-order valence-electron chi connectivity index (χ0n) is 19.0. The maximum atomic E-state index is 13.6. The Morgan fingerprint density at radius 2 is 1.82 bits per heavy atom. The molecule has 4 aromatic rings. The van der Waals surface area contributed by atoms with E-state index in [2.05, 4.69) is 4.98 Å². The SMILES string of the molecule is NC1(c2ccc(-c3oc4nc(CCCO)n(CCF)c(=O)c4c3-c3ccccc3)cc2)CCC1. The van der Waals surface area contributed by atoms with E-state index in [-0.39, 0.29) is 30.0 Å². The van der Waals surface area contributed by atoms with Crippen LogP contribution in [-0.2, 0) is 18.5 Å². The Morgan fingerprint density at radius 1 is 1.09 bits per heavy atom. The van der Waals surface area contributed by atoms with Crippen molar-refractivity contribution in [2.45, 2.75) is 44.2 Å². The van der Waals surface area contributed by atoms with Crippen molar-refractivity contribution in [3.63, 3.8) is 0 Å². The molecular weight excluding hydrogens is 433 g/mol. The monoisotopic (exact) mass is 461 g/mol. The van der Waals surface area contributed by atoms with Crippen LogP contribution in [-0.4, -0.2) is 27.9 Å². The first-order chi connectivity index (χ1) is 16.6. The molecule has 5 rings (SSSR count). The summed E-state index contributed by atoms with van der Waals surface area (Å²) in [7, 11) is 0. The molecule has 0 spiro atoms. The third kappa shape index (κ3) is 3.85. The lowest BCUT2D eigenvalue weighted by Gasteiger charge is -2.38. The highest BCUT2D eigenvalue weighted by Gasteiger charge is 2.34. The van der Waals surface area contributed by atoms with Crippen molar-refractivity contribution in [3.8, 4) is 22.5 Å². The van der Waals surface area contributed by atoms with Crippen molar-refractivity contribution < 1.29 is 13.9 Å². The average molecular weight is 462 g/mol. The fourth-order valence-corrected chi connectivity index (χ4v) is 4.75. The van der Waals surface area contributed by atoms with Gasteiger partial charge in [0, 0.05) is 29.7 Å². The first kappa shape index (κ1) is 22.5. The van der Waals surface area contributed by atoms with E-state index < -0.39 is 6.67 Å². The van der Waals surface area contributed by atoms with Crippen LogP contribution < -0.4 is 11.3 Å². The molecule has 2 heterocycles. The lowest BCUT2D eigenvalue weighted by Crippen LogP contribution is -2.43. The van der Waals surface area contributed by atoms with Gasteiger partial charge in [-0.05, 0) is 36.8 Å².